The predicted molar refractivity (Wildman–Crippen MR) is 109 cm³/mol. The molecule has 0 radical (unpaired) electrons. The van der Waals surface area contributed by atoms with Gasteiger partial charge in [-0.15, -0.1) is 0 Å². The maximum atomic E-state index is 12.0. The third-order valence-electron chi connectivity index (χ3n) is 3.68. The molecule has 0 aromatic heterocycles. The van der Waals surface area contributed by atoms with E-state index in [2.05, 4.69) is 64.1 Å². The number of benzene rings is 1. The van der Waals surface area contributed by atoms with Crippen molar-refractivity contribution in [3.63, 3.8) is 0 Å². The van der Waals surface area contributed by atoms with Gasteiger partial charge in [-0.2, -0.15) is 0 Å². The van der Waals surface area contributed by atoms with Crippen LogP contribution in [0.4, 0.5) is 0 Å². The molecule has 6 heteroatoms. The summed E-state index contributed by atoms with van der Waals surface area (Å²) in [5.74, 6) is 0.598. The number of amides is 1. The molecule has 0 fully saturated rings. The van der Waals surface area contributed by atoms with Gasteiger partial charge in [0.2, 0.25) is 5.91 Å². The van der Waals surface area contributed by atoms with Crippen molar-refractivity contribution in [2.75, 3.05) is 26.7 Å². The van der Waals surface area contributed by atoms with E-state index in [9.17, 15) is 4.79 Å². The molecule has 26 heavy (non-hydrogen) atoms. The summed E-state index contributed by atoms with van der Waals surface area (Å²) < 4.78 is 0. The lowest BCUT2D eigenvalue weighted by atomic mass is 10.1. The van der Waals surface area contributed by atoms with E-state index >= 15 is 0 Å². The number of hydrogen-bond donors (Lipinski definition) is 3. The molecular formula is C20H35N5O. The fraction of sp³-hybridized carbons (Fsp3) is 0.600. The summed E-state index contributed by atoms with van der Waals surface area (Å²) in [5, 5.41) is 9.20. The van der Waals surface area contributed by atoms with E-state index in [-0.39, 0.29) is 18.0 Å². The summed E-state index contributed by atoms with van der Waals surface area (Å²) in [4.78, 5) is 18.8. The smallest absolute Gasteiger partial charge is 0.239 e. The standard InChI is InChI=1S/C20H35N5O/c1-7-21-19(23-14-18(26)24-20(3,4)5)22-13-16-10-9-11-17(12-16)15-25(6)8-2/h9-12H,7-8,13-15H2,1-6H3,(H,24,26)(H2,21,22,23). The maximum Gasteiger partial charge on any atom is 0.239 e. The summed E-state index contributed by atoms with van der Waals surface area (Å²) >= 11 is 0. The highest BCUT2D eigenvalue weighted by atomic mass is 16.2. The van der Waals surface area contributed by atoms with Gasteiger partial charge in [0.25, 0.3) is 0 Å². The Morgan fingerprint density at radius 3 is 2.46 bits per heavy atom. The third-order valence-corrected chi connectivity index (χ3v) is 3.68. The lowest BCUT2D eigenvalue weighted by molar-refractivity contribution is -0.121. The average Bonchev–Trinajstić information content (AvgIpc) is 2.56. The highest BCUT2D eigenvalue weighted by Crippen LogP contribution is 2.08. The molecule has 0 saturated heterocycles. The van der Waals surface area contributed by atoms with Gasteiger partial charge in [0.15, 0.2) is 5.96 Å². The first-order chi connectivity index (χ1) is 12.2. The fourth-order valence-corrected chi connectivity index (χ4v) is 2.39. The molecule has 146 valence electrons. The third kappa shape index (κ3) is 9.42. The van der Waals surface area contributed by atoms with Crippen LogP contribution in [0.5, 0.6) is 0 Å². The molecule has 0 saturated carbocycles. The van der Waals surface area contributed by atoms with E-state index in [1.807, 2.05) is 27.7 Å². The maximum absolute atomic E-state index is 12.0. The quantitative estimate of drug-likeness (QED) is 0.490. The Morgan fingerprint density at radius 2 is 1.85 bits per heavy atom. The number of nitrogens with one attached hydrogen (secondary N) is 3. The summed E-state index contributed by atoms with van der Waals surface area (Å²) in [6.45, 7) is 13.5. The molecule has 0 bridgehead atoms. The zero-order valence-corrected chi connectivity index (χ0v) is 17.1. The van der Waals surface area contributed by atoms with Crippen LogP contribution in [0.15, 0.2) is 29.3 Å². The van der Waals surface area contributed by atoms with Crippen LogP contribution < -0.4 is 16.0 Å². The number of nitrogens with zero attached hydrogens (tertiary/aromatic N) is 2. The molecule has 0 unspecified atom stereocenters. The Balaban J connectivity index is 2.65. The molecule has 1 aromatic carbocycles. The van der Waals surface area contributed by atoms with Crippen LogP contribution in [-0.2, 0) is 17.9 Å². The van der Waals surface area contributed by atoms with Gasteiger partial charge in [-0.1, -0.05) is 31.2 Å². The van der Waals surface area contributed by atoms with Crippen LogP contribution in [0.2, 0.25) is 0 Å². The normalized spacial score (nSPS) is 12.2. The second kappa shape index (κ2) is 10.8. The second-order valence-corrected chi connectivity index (χ2v) is 7.50. The predicted octanol–water partition coefficient (Wildman–Crippen LogP) is 2.11. The van der Waals surface area contributed by atoms with Gasteiger partial charge in [0.05, 0.1) is 13.1 Å². The Kier molecular flexibility index (Phi) is 9.13. The number of guanidine groups is 1. The average molecular weight is 362 g/mol. The molecule has 0 aliphatic heterocycles. The molecule has 1 aromatic rings. The summed E-state index contributed by atoms with van der Waals surface area (Å²) in [7, 11) is 2.11. The van der Waals surface area contributed by atoms with E-state index in [1.165, 1.54) is 5.56 Å². The summed E-state index contributed by atoms with van der Waals surface area (Å²) in [6.07, 6.45) is 0. The van der Waals surface area contributed by atoms with E-state index in [0.717, 1.165) is 25.2 Å². The molecule has 1 rings (SSSR count). The monoisotopic (exact) mass is 361 g/mol. The first-order valence-electron chi connectivity index (χ1n) is 9.33. The van der Waals surface area contributed by atoms with E-state index in [0.29, 0.717) is 12.5 Å². The van der Waals surface area contributed by atoms with Crippen molar-refractivity contribution in [2.24, 2.45) is 4.99 Å². The first kappa shape index (κ1) is 22.0. The molecule has 3 N–H and O–H groups in total. The minimum Gasteiger partial charge on any atom is -0.357 e. The van der Waals surface area contributed by atoms with Crippen molar-refractivity contribution in [1.29, 1.82) is 0 Å². The minimum atomic E-state index is -0.236. The molecule has 0 spiro atoms. The van der Waals surface area contributed by atoms with Gasteiger partial charge >= 0.3 is 0 Å². The Bertz CT molecular complexity index is 592. The Morgan fingerprint density at radius 1 is 1.15 bits per heavy atom. The molecule has 1 amide bonds. The van der Waals surface area contributed by atoms with Gasteiger partial charge in [0.1, 0.15) is 0 Å². The van der Waals surface area contributed by atoms with E-state index in [4.69, 9.17) is 0 Å². The number of aliphatic imine (C=N–C) groups is 1. The van der Waals surface area contributed by atoms with E-state index < -0.39 is 0 Å². The highest BCUT2D eigenvalue weighted by molar-refractivity contribution is 5.86. The SMILES string of the molecule is CCNC(=NCc1cccc(CN(C)CC)c1)NCC(=O)NC(C)(C)C. The van der Waals surface area contributed by atoms with Crippen molar-refractivity contribution in [3.05, 3.63) is 35.4 Å². The Hall–Kier alpha value is -2.08. The van der Waals surface area contributed by atoms with Gasteiger partial charge in [0, 0.05) is 18.6 Å². The number of hydrogen-bond acceptors (Lipinski definition) is 3. The number of carbonyl (C=O) groups is 1. The molecule has 0 heterocycles. The van der Waals surface area contributed by atoms with Crippen LogP contribution in [0.3, 0.4) is 0 Å². The highest BCUT2D eigenvalue weighted by Gasteiger charge is 2.13. The summed E-state index contributed by atoms with van der Waals surface area (Å²) in [5.41, 5.74) is 2.20. The summed E-state index contributed by atoms with van der Waals surface area (Å²) in [6, 6.07) is 8.47. The fourth-order valence-electron chi connectivity index (χ4n) is 2.39. The van der Waals surface area contributed by atoms with Crippen molar-refractivity contribution in [2.45, 2.75) is 53.2 Å². The van der Waals surface area contributed by atoms with Gasteiger partial charge in [-0.3, -0.25) is 4.79 Å². The zero-order valence-electron chi connectivity index (χ0n) is 17.1. The minimum absolute atomic E-state index is 0.0484. The van der Waals surface area contributed by atoms with Gasteiger partial charge in [-0.25, -0.2) is 4.99 Å². The van der Waals surface area contributed by atoms with Gasteiger partial charge < -0.3 is 20.9 Å². The van der Waals surface area contributed by atoms with Crippen molar-refractivity contribution in [1.82, 2.24) is 20.9 Å². The molecule has 0 atom stereocenters. The zero-order chi connectivity index (χ0) is 19.6. The molecule has 0 aliphatic carbocycles. The molecule has 0 aliphatic rings. The van der Waals surface area contributed by atoms with Crippen molar-refractivity contribution >= 4 is 11.9 Å². The van der Waals surface area contributed by atoms with Crippen molar-refractivity contribution < 1.29 is 4.79 Å². The van der Waals surface area contributed by atoms with E-state index in [1.54, 1.807) is 0 Å². The number of carbonyl (C=O) groups excluding carboxylic acids is 1. The molecule has 6 nitrogen and oxygen atoms in total. The Labute approximate surface area is 158 Å². The van der Waals surface area contributed by atoms with Crippen LogP contribution in [0, 0.1) is 0 Å². The number of rotatable bonds is 8. The largest absolute Gasteiger partial charge is 0.357 e. The van der Waals surface area contributed by atoms with Crippen LogP contribution in [0.25, 0.3) is 0 Å². The lowest BCUT2D eigenvalue weighted by Gasteiger charge is -2.21. The lowest BCUT2D eigenvalue weighted by Crippen LogP contribution is -2.48. The van der Waals surface area contributed by atoms with Crippen LogP contribution >= 0.6 is 0 Å². The molecular weight excluding hydrogens is 326 g/mol. The van der Waals surface area contributed by atoms with Gasteiger partial charge in [-0.05, 0) is 52.4 Å². The van der Waals surface area contributed by atoms with Crippen LogP contribution in [-0.4, -0.2) is 49.0 Å². The van der Waals surface area contributed by atoms with Crippen molar-refractivity contribution in [3.8, 4) is 0 Å². The topological polar surface area (TPSA) is 68.8 Å². The second-order valence-electron chi connectivity index (χ2n) is 7.50. The first-order valence-corrected chi connectivity index (χ1v) is 9.33. The van der Waals surface area contributed by atoms with Crippen LogP contribution in [0.1, 0.15) is 45.7 Å².